The minimum absolute atomic E-state index is 0.0295. The average Bonchev–Trinajstić information content (AvgIpc) is 3.02. The third kappa shape index (κ3) is 3.57. The molecule has 7 nitrogen and oxygen atoms in total. The molecule has 0 saturated carbocycles. The van der Waals surface area contributed by atoms with Gasteiger partial charge in [0.05, 0.1) is 6.61 Å². The van der Waals surface area contributed by atoms with Crippen molar-refractivity contribution in [2.45, 2.75) is 6.92 Å². The molecule has 0 unspecified atom stereocenters. The van der Waals surface area contributed by atoms with Crippen LogP contribution in [0, 0.1) is 6.92 Å². The van der Waals surface area contributed by atoms with Gasteiger partial charge in [-0.25, -0.2) is 0 Å². The number of amides is 1. The summed E-state index contributed by atoms with van der Waals surface area (Å²) in [5.74, 6) is 1.07. The van der Waals surface area contributed by atoms with E-state index < -0.39 is 0 Å². The molecule has 1 fully saturated rings. The summed E-state index contributed by atoms with van der Waals surface area (Å²) in [4.78, 5) is 20.7. The molecule has 0 bridgehead atoms. The smallest absolute Gasteiger partial charge is 0.257 e. The lowest BCUT2D eigenvalue weighted by Gasteiger charge is -2.34. The van der Waals surface area contributed by atoms with Gasteiger partial charge in [-0.05, 0) is 31.2 Å². The Morgan fingerprint density at radius 2 is 1.91 bits per heavy atom. The van der Waals surface area contributed by atoms with E-state index in [9.17, 15) is 4.79 Å². The minimum atomic E-state index is 0.0295. The fourth-order valence-electron chi connectivity index (χ4n) is 2.67. The molecule has 2 heterocycles. The van der Waals surface area contributed by atoms with Gasteiger partial charge in [0.2, 0.25) is 0 Å². The van der Waals surface area contributed by atoms with Crippen molar-refractivity contribution in [2.24, 2.45) is 0 Å². The zero-order chi connectivity index (χ0) is 16.2. The van der Waals surface area contributed by atoms with Crippen LogP contribution in [0.3, 0.4) is 0 Å². The van der Waals surface area contributed by atoms with Crippen LogP contribution >= 0.6 is 0 Å². The normalized spacial score (nSPS) is 15.8. The van der Waals surface area contributed by atoms with Gasteiger partial charge >= 0.3 is 0 Å². The second-order valence-corrected chi connectivity index (χ2v) is 5.58. The summed E-state index contributed by atoms with van der Waals surface area (Å²) >= 11 is 0. The highest BCUT2D eigenvalue weighted by Gasteiger charge is 2.21. The van der Waals surface area contributed by atoms with Crippen LogP contribution in [-0.2, 0) is 0 Å². The number of carbonyl (C=O) groups is 1. The highest BCUT2D eigenvalue weighted by molar-refractivity contribution is 5.94. The van der Waals surface area contributed by atoms with E-state index in [-0.39, 0.29) is 12.5 Å². The maximum absolute atomic E-state index is 12.5. The minimum Gasteiger partial charge on any atom is -0.395 e. The zero-order valence-electron chi connectivity index (χ0n) is 13.1. The third-order valence-corrected chi connectivity index (χ3v) is 3.98. The Balaban J connectivity index is 1.64. The predicted molar refractivity (Wildman–Crippen MR) is 83.9 cm³/mol. The Morgan fingerprint density at radius 3 is 2.48 bits per heavy atom. The van der Waals surface area contributed by atoms with E-state index in [4.69, 9.17) is 9.63 Å². The Kier molecular flexibility index (Phi) is 4.68. The number of aliphatic hydroxyl groups excluding tert-OH is 1. The van der Waals surface area contributed by atoms with Crippen molar-refractivity contribution < 1.29 is 14.4 Å². The molecule has 1 aliphatic rings. The molecule has 122 valence electrons. The molecule has 0 aliphatic carbocycles. The van der Waals surface area contributed by atoms with Gasteiger partial charge in [-0.3, -0.25) is 9.69 Å². The zero-order valence-corrected chi connectivity index (χ0v) is 13.1. The number of hydrogen-bond donors (Lipinski definition) is 1. The largest absolute Gasteiger partial charge is 0.395 e. The van der Waals surface area contributed by atoms with Crippen molar-refractivity contribution in [3.05, 3.63) is 35.7 Å². The lowest BCUT2D eigenvalue weighted by atomic mass is 10.1. The molecule has 1 aliphatic heterocycles. The number of piperazine rings is 1. The molecular weight excluding hydrogens is 296 g/mol. The molecule has 0 atom stereocenters. The monoisotopic (exact) mass is 316 g/mol. The number of aromatic nitrogens is 2. The van der Waals surface area contributed by atoms with E-state index in [2.05, 4.69) is 15.0 Å². The molecule has 7 heteroatoms. The van der Waals surface area contributed by atoms with Crippen molar-refractivity contribution in [3.8, 4) is 11.5 Å². The fourth-order valence-corrected chi connectivity index (χ4v) is 2.67. The third-order valence-electron chi connectivity index (χ3n) is 3.98. The Labute approximate surface area is 134 Å². The van der Waals surface area contributed by atoms with Crippen molar-refractivity contribution in [3.63, 3.8) is 0 Å². The summed E-state index contributed by atoms with van der Waals surface area (Å²) in [5.41, 5.74) is 1.45. The predicted octanol–water partition coefficient (Wildman–Crippen LogP) is 0.795. The SMILES string of the molecule is Cc1noc(-c2ccc(C(=O)N3CCN(CCO)CC3)cc2)n1. The van der Waals surface area contributed by atoms with Gasteiger partial charge in [0.1, 0.15) is 0 Å². The number of aryl methyl sites for hydroxylation is 1. The molecule has 2 aromatic rings. The molecule has 3 rings (SSSR count). The standard InChI is InChI=1S/C16H20N4O3/c1-12-17-15(23-18-12)13-2-4-14(5-3-13)16(22)20-8-6-19(7-9-20)10-11-21/h2-5,21H,6-11H2,1H3. The first-order valence-corrected chi connectivity index (χ1v) is 7.70. The number of benzene rings is 1. The summed E-state index contributed by atoms with van der Waals surface area (Å²) in [7, 11) is 0. The van der Waals surface area contributed by atoms with E-state index >= 15 is 0 Å². The summed E-state index contributed by atoms with van der Waals surface area (Å²) in [6.07, 6.45) is 0. The number of nitrogens with zero attached hydrogens (tertiary/aromatic N) is 4. The van der Waals surface area contributed by atoms with E-state index in [1.54, 1.807) is 19.1 Å². The van der Waals surface area contributed by atoms with Gasteiger partial charge in [0.25, 0.3) is 11.8 Å². The fraction of sp³-hybridized carbons (Fsp3) is 0.438. The lowest BCUT2D eigenvalue weighted by molar-refractivity contribution is 0.0615. The van der Waals surface area contributed by atoms with Crippen LogP contribution in [-0.4, -0.2) is 70.3 Å². The van der Waals surface area contributed by atoms with Crippen LogP contribution in [0.25, 0.3) is 11.5 Å². The van der Waals surface area contributed by atoms with Gasteiger partial charge in [-0.1, -0.05) is 5.16 Å². The molecule has 0 radical (unpaired) electrons. The Hall–Kier alpha value is -2.25. The van der Waals surface area contributed by atoms with E-state index in [1.165, 1.54) is 0 Å². The second kappa shape index (κ2) is 6.89. The van der Waals surface area contributed by atoms with Crippen LogP contribution < -0.4 is 0 Å². The number of hydrogen-bond acceptors (Lipinski definition) is 6. The molecule has 1 N–H and O–H groups in total. The molecule has 1 saturated heterocycles. The van der Waals surface area contributed by atoms with Crippen molar-refractivity contribution in [2.75, 3.05) is 39.3 Å². The number of carbonyl (C=O) groups excluding carboxylic acids is 1. The molecule has 1 aromatic heterocycles. The van der Waals surface area contributed by atoms with Gasteiger partial charge in [-0.2, -0.15) is 4.98 Å². The highest BCUT2D eigenvalue weighted by atomic mass is 16.5. The van der Waals surface area contributed by atoms with Crippen LogP contribution in [0.1, 0.15) is 16.2 Å². The molecule has 23 heavy (non-hydrogen) atoms. The van der Waals surface area contributed by atoms with Gasteiger partial charge in [0, 0.05) is 43.9 Å². The Morgan fingerprint density at radius 1 is 1.22 bits per heavy atom. The first-order valence-electron chi connectivity index (χ1n) is 7.70. The van der Waals surface area contributed by atoms with Crippen LogP contribution in [0.5, 0.6) is 0 Å². The maximum Gasteiger partial charge on any atom is 0.257 e. The quantitative estimate of drug-likeness (QED) is 0.898. The van der Waals surface area contributed by atoms with Gasteiger partial charge in [-0.15, -0.1) is 0 Å². The lowest BCUT2D eigenvalue weighted by Crippen LogP contribution is -2.49. The molecule has 0 spiro atoms. The van der Waals surface area contributed by atoms with Gasteiger partial charge < -0.3 is 14.5 Å². The van der Waals surface area contributed by atoms with Crippen molar-refractivity contribution >= 4 is 5.91 Å². The second-order valence-electron chi connectivity index (χ2n) is 5.58. The van der Waals surface area contributed by atoms with Crippen molar-refractivity contribution in [1.82, 2.24) is 19.9 Å². The Bertz CT molecular complexity index is 660. The highest BCUT2D eigenvalue weighted by Crippen LogP contribution is 2.18. The summed E-state index contributed by atoms with van der Waals surface area (Å²) < 4.78 is 5.12. The van der Waals surface area contributed by atoms with Crippen molar-refractivity contribution in [1.29, 1.82) is 0 Å². The number of β-amino-alcohol motifs (C(OH)–C–C–N with tert-alkyl or cyclic N) is 1. The maximum atomic E-state index is 12.5. The molecular formula is C16H20N4O3. The van der Waals surface area contributed by atoms with E-state index in [1.807, 2.05) is 17.0 Å². The van der Waals surface area contributed by atoms with E-state index in [0.717, 1.165) is 18.7 Å². The number of aliphatic hydroxyl groups is 1. The molecule has 1 aromatic carbocycles. The summed E-state index contributed by atoms with van der Waals surface area (Å²) in [5, 5.41) is 12.7. The van der Waals surface area contributed by atoms with Crippen LogP contribution in [0.15, 0.2) is 28.8 Å². The molecule has 1 amide bonds. The van der Waals surface area contributed by atoms with Crippen LogP contribution in [0.2, 0.25) is 0 Å². The average molecular weight is 316 g/mol. The van der Waals surface area contributed by atoms with Gasteiger partial charge in [0.15, 0.2) is 5.82 Å². The first-order chi connectivity index (χ1) is 11.2. The van der Waals surface area contributed by atoms with Crippen LogP contribution in [0.4, 0.5) is 0 Å². The topological polar surface area (TPSA) is 82.7 Å². The first kappa shape index (κ1) is 15.6. The summed E-state index contributed by atoms with van der Waals surface area (Å²) in [6, 6.07) is 7.22. The summed E-state index contributed by atoms with van der Waals surface area (Å²) in [6.45, 7) is 5.55. The number of rotatable bonds is 4. The van der Waals surface area contributed by atoms with E-state index in [0.29, 0.717) is 36.9 Å².